The van der Waals surface area contributed by atoms with Crippen LogP contribution in [0.1, 0.15) is 24.0 Å². The first kappa shape index (κ1) is 20.3. The highest BCUT2D eigenvalue weighted by Crippen LogP contribution is 2.20. The lowest BCUT2D eigenvalue weighted by atomic mass is 10.2. The van der Waals surface area contributed by atoms with E-state index in [2.05, 4.69) is 41.7 Å². The lowest BCUT2D eigenvalue weighted by Gasteiger charge is -2.12. The predicted molar refractivity (Wildman–Crippen MR) is 120 cm³/mol. The van der Waals surface area contributed by atoms with Gasteiger partial charge in [-0.15, -0.1) is 0 Å². The third kappa shape index (κ3) is 6.26. The summed E-state index contributed by atoms with van der Waals surface area (Å²) in [7, 11) is 0. The molecule has 0 spiro atoms. The molecule has 0 bridgehead atoms. The maximum atomic E-state index is 5.93. The summed E-state index contributed by atoms with van der Waals surface area (Å²) in [6, 6.07) is 26.8. The number of benzene rings is 3. The third-order valence-electron chi connectivity index (χ3n) is 5.21. The molecular weight excluding hydrogens is 374 g/mol. The summed E-state index contributed by atoms with van der Waals surface area (Å²) >= 11 is 0. The molecule has 3 aromatic carbocycles. The highest BCUT2D eigenvalue weighted by molar-refractivity contribution is 5.47. The van der Waals surface area contributed by atoms with Gasteiger partial charge in [-0.1, -0.05) is 42.5 Å². The van der Waals surface area contributed by atoms with Gasteiger partial charge in [-0.2, -0.15) is 0 Å². The van der Waals surface area contributed by atoms with Crippen LogP contribution in [0.5, 0.6) is 11.5 Å². The minimum Gasteiger partial charge on any atom is -0.493 e. The molecule has 30 heavy (non-hydrogen) atoms. The third-order valence-corrected chi connectivity index (χ3v) is 5.21. The Bertz CT molecular complexity index is 890. The van der Waals surface area contributed by atoms with E-state index >= 15 is 0 Å². The Hall–Kier alpha value is -2.98. The highest BCUT2D eigenvalue weighted by atomic mass is 16.5. The van der Waals surface area contributed by atoms with Crippen LogP contribution in [0.4, 0.5) is 5.69 Å². The Labute approximate surface area is 178 Å². The molecule has 4 nitrogen and oxygen atoms in total. The number of ether oxygens (including phenoxy) is 3. The van der Waals surface area contributed by atoms with Crippen molar-refractivity contribution in [3.8, 4) is 11.5 Å². The minimum atomic E-state index is 0.241. The van der Waals surface area contributed by atoms with Crippen molar-refractivity contribution in [2.45, 2.75) is 31.9 Å². The molecule has 0 aromatic heterocycles. The fourth-order valence-corrected chi connectivity index (χ4v) is 3.51. The zero-order chi connectivity index (χ0) is 20.4. The average molecular weight is 404 g/mol. The molecule has 156 valence electrons. The van der Waals surface area contributed by atoms with Crippen molar-refractivity contribution in [2.24, 2.45) is 0 Å². The molecule has 1 N–H and O–H groups in total. The van der Waals surface area contributed by atoms with E-state index in [1.54, 1.807) is 0 Å². The monoisotopic (exact) mass is 403 g/mol. The first-order chi connectivity index (χ1) is 14.8. The number of rotatable bonds is 10. The molecular formula is C26H29NO3. The Morgan fingerprint density at radius 1 is 0.833 bits per heavy atom. The molecule has 4 rings (SSSR count). The molecule has 3 aromatic rings. The van der Waals surface area contributed by atoms with Crippen molar-refractivity contribution < 1.29 is 14.2 Å². The Morgan fingerprint density at radius 2 is 1.67 bits per heavy atom. The van der Waals surface area contributed by atoms with E-state index in [-0.39, 0.29) is 6.10 Å². The summed E-state index contributed by atoms with van der Waals surface area (Å²) in [5.41, 5.74) is 3.54. The van der Waals surface area contributed by atoms with Gasteiger partial charge in [0.15, 0.2) is 0 Å². The van der Waals surface area contributed by atoms with Crippen LogP contribution in [0.15, 0.2) is 78.9 Å². The van der Waals surface area contributed by atoms with Crippen molar-refractivity contribution in [3.05, 3.63) is 90.0 Å². The number of nitrogens with one attached hydrogen (secondary N) is 1. The van der Waals surface area contributed by atoms with Crippen LogP contribution in [0, 0.1) is 0 Å². The molecule has 1 aliphatic heterocycles. The normalized spacial score (nSPS) is 15.7. The van der Waals surface area contributed by atoms with Crippen LogP contribution >= 0.6 is 0 Å². The van der Waals surface area contributed by atoms with E-state index in [1.165, 1.54) is 11.1 Å². The lowest BCUT2D eigenvalue weighted by Crippen LogP contribution is -2.16. The van der Waals surface area contributed by atoms with Gasteiger partial charge in [-0.05, 0) is 60.4 Å². The molecule has 0 radical (unpaired) electrons. The molecule has 0 saturated carbocycles. The SMILES string of the molecule is c1ccc(CCOc2cccc(CNc3ccc(OCC4CCCO4)cc3)c2)cc1. The summed E-state index contributed by atoms with van der Waals surface area (Å²) in [6.07, 6.45) is 3.38. The van der Waals surface area contributed by atoms with Gasteiger partial charge >= 0.3 is 0 Å². The first-order valence-corrected chi connectivity index (χ1v) is 10.7. The van der Waals surface area contributed by atoms with Crippen molar-refractivity contribution in [1.29, 1.82) is 0 Å². The van der Waals surface area contributed by atoms with E-state index in [0.717, 1.165) is 49.6 Å². The number of anilines is 1. The van der Waals surface area contributed by atoms with Crippen molar-refractivity contribution in [3.63, 3.8) is 0 Å². The van der Waals surface area contributed by atoms with Crippen molar-refractivity contribution in [2.75, 3.05) is 25.1 Å². The van der Waals surface area contributed by atoms with Gasteiger partial charge in [0.2, 0.25) is 0 Å². The molecule has 1 aliphatic rings. The van der Waals surface area contributed by atoms with Gasteiger partial charge in [0.05, 0.1) is 12.7 Å². The second-order valence-corrected chi connectivity index (χ2v) is 7.56. The average Bonchev–Trinajstić information content (AvgIpc) is 3.32. The summed E-state index contributed by atoms with van der Waals surface area (Å²) in [5.74, 6) is 1.79. The van der Waals surface area contributed by atoms with Crippen LogP contribution < -0.4 is 14.8 Å². The largest absolute Gasteiger partial charge is 0.493 e. The molecule has 0 amide bonds. The van der Waals surface area contributed by atoms with Gasteiger partial charge in [0, 0.05) is 25.3 Å². The number of hydrogen-bond donors (Lipinski definition) is 1. The fraction of sp³-hybridized carbons (Fsp3) is 0.308. The summed E-state index contributed by atoms with van der Waals surface area (Å²) in [4.78, 5) is 0. The van der Waals surface area contributed by atoms with Crippen LogP contribution in [-0.2, 0) is 17.7 Å². The zero-order valence-corrected chi connectivity index (χ0v) is 17.3. The van der Waals surface area contributed by atoms with E-state index in [1.807, 2.05) is 42.5 Å². The summed E-state index contributed by atoms with van der Waals surface area (Å²) in [6.45, 7) is 2.90. The van der Waals surface area contributed by atoms with Gasteiger partial charge < -0.3 is 19.5 Å². The van der Waals surface area contributed by atoms with Gasteiger partial charge in [-0.25, -0.2) is 0 Å². The molecule has 4 heteroatoms. The second-order valence-electron chi connectivity index (χ2n) is 7.56. The first-order valence-electron chi connectivity index (χ1n) is 10.7. The Balaban J connectivity index is 1.22. The minimum absolute atomic E-state index is 0.241. The Kier molecular flexibility index (Phi) is 7.24. The van der Waals surface area contributed by atoms with Crippen molar-refractivity contribution in [1.82, 2.24) is 0 Å². The number of hydrogen-bond acceptors (Lipinski definition) is 4. The molecule has 1 heterocycles. The molecule has 1 atom stereocenters. The zero-order valence-electron chi connectivity index (χ0n) is 17.3. The predicted octanol–water partition coefficient (Wildman–Crippen LogP) is 5.48. The second kappa shape index (κ2) is 10.7. The maximum Gasteiger partial charge on any atom is 0.119 e. The van der Waals surface area contributed by atoms with E-state index in [9.17, 15) is 0 Å². The summed E-state index contributed by atoms with van der Waals surface area (Å²) < 4.78 is 17.4. The molecule has 1 fully saturated rings. The standard InChI is InChI=1S/C26H29NO3/c1-2-6-21(7-3-1)15-17-29-25-9-4-8-22(18-25)19-27-23-11-13-24(14-12-23)30-20-26-10-5-16-28-26/h1-4,6-9,11-14,18,26-27H,5,10,15-17,19-20H2. The highest BCUT2D eigenvalue weighted by Gasteiger charge is 2.15. The van der Waals surface area contributed by atoms with Crippen molar-refractivity contribution >= 4 is 5.69 Å². The van der Waals surface area contributed by atoms with Gasteiger partial charge in [0.1, 0.15) is 18.1 Å². The van der Waals surface area contributed by atoms with Gasteiger partial charge in [0.25, 0.3) is 0 Å². The van der Waals surface area contributed by atoms with E-state index < -0.39 is 0 Å². The molecule has 1 unspecified atom stereocenters. The van der Waals surface area contributed by atoms with Crippen LogP contribution in [0.3, 0.4) is 0 Å². The topological polar surface area (TPSA) is 39.7 Å². The summed E-state index contributed by atoms with van der Waals surface area (Å²) in [5, 5.41) is 3.46. The smallest absolute Gasteiger partial charge is 0.119 e. The van der Waals surface area contributed by atoms with Gasteiger partial charge in [-0.3, -0.25) is 0 Å². The van der Waals surface area contributed by atoms with E-state index in [0.29, 0.717) is 13.2 Å². The molecule has 0 aliphatic carbocycles. The van der Waals surface area contributed by atoms with Crippen LogP contribution in [-0.4, -0.2) is 25.9 Å². The maximum absolute atomic E-state index is 5.93. The lowest BCUT2D eigenvalue weighted by molar-refractivity contribution is 0.0679. The fourth-order valence-electron chi connectivity index (χ4n) is 3.51. The van der Waals surface area contributed by atoms with E-state index in [4.69, 9.17) is 14.2 Å². The van der Waals surface area contributed by atoms with Crippen LogP contribution in [0.2, 0.25) is 0 Å². The Morgan fingerprint density at radius 3 is 2.47 bits per heavy atom. The molecule has 1 saturated heterocycles. The van der Waals surface area contributed by atoms with Crippen LogP contribution in [0.25, 0.3) is 0 Å². The quantitative estimate of drug-likeness (QED) is 0.487.